The Kier molecular flexibility index (Phi) is 3.93. The molecule has 1 heterocycles. The van der Waals surface area contributed by atoms with E-state index in [9.17, 15) is 9.90 Å². The molecule has 0 unspecified atom stereocenters. The maximum atomic E-state index is 12.1. The van der Waals surface area contributed by atoms with E-state index in [0.29, 0.717) is 26.1 Å². The van der Waals surface area contributed by atoms with Gasteiger partial charge in [-0.2, -0.15) is 0 Å². The van der Waals surface area contributed by atoms with Crippen LogP contribution in [-0.4, -0.2) is 53.9 Å². The van der Waals surface area contributed by atoms with Crippen LogP contribution in [0.4, 0.5) is 0 Å². The number of aliphatic hydroxyl groups is 1. The predicted octanol–water partition coefficient (Wildman–Crippen LogP) is -0.276. The van der Waals surface area contributed by atoms with E-state index in [1.165, 1.54) is 4.90 Å². The largest absolute Gasteiger partial charge is 0.389 e. The van der Waals surface area contributed by atoms with E-state index in [-0.39, 0.29) is 12.5 Å². The van der Waals surface area contributed by atoms with Gasteiger partial charge in [-0.15, -0.1) is 0 Å². The highest BCUT2D eigenvalue weighted by Gasteiger charge is 2.38. The third-order valence-electron chi connectivity index (χ3n) is 2.78. The molecule has 16 heavy (non-hydrogen) atoms. The SMILES string of the molecule is CN(CC(C)(C)O)C(=O)C1(N)CCOCC1. The molecule has 94 valence electrons. The average Bonchev–Trinajstić information content (AvgIpc) is 2.15. The van der Waals surface area contributed by atoms with E-state index in [2.05, 4.69) is 0 Å². The van der Waals surface area contributed by atoms with Gasteiger partial charge in [-0.3, -0.25) is 4.79 Å². The van der Waals surface area contributed by atoms with Gasteiger partial charge in [0, 0.05) is 26.8 Å². The molecule has 1 amide bonds. The smallest absolute Gasteiger partial charge is 0.242 e. The molecule has 0 radical (unpaired) electrons. The quantitative estimate of drug-likeness (QED) is 0.699. The van der Waals surface area contributed by atoms with Crippen LogP contribution in [0.25, 0.3) is 0 Å². The van der Waals surface area contributed by atoms with Gasteiger partial charge in [0.1, 0.15) is 0 Å². The highest BCUT2D eigenvalue weighted by molar-refractivity contribution is 5.86. The Morgan fingerprint density at radius 2 is 2.00 bits per heavy atom. The van der Waals surface area contributed by atoms with Crippen LogP contribution < -0.4 is 5.73 Å². The van der Waals surface area contributed by atoms with Gasteiger partial charge in [-0.05, 0) is 26.7 Å². The minimum atomic E-state index is -0.897. The molecule has 0 spiro atoms. The number of carbonyl (C=O) groups is 1. The minimum absolute atomic E-state index is 0.113. The number of rotatable bonds is 3. The zero-order chi connectivity index (χ0) is 12.4. The summed E-state index contributed by atoms with van der Waals surface area (Å²) < 4.78 is 5.20. The number of nitrogens with two attached hydrogens (primary N) is 1. The Balaban J connectivity index is 2.62. The summed E-state index contributed by atoms with van der Waals surface area (Å²) in [5.74, 6) is -0.113. The number of amides is 1. The molecule has 0 aliphatic carbocycles. The summed E-state index contributed by atoms with van der Waals surface area (Å²) in [4.78, 5) is 13.6. The maximum absolute atomic E-state index is 12.1. The Morgan fingerprint density at radius 1 is 1.50 bits per heavy atom. The van der Waals surface area contributed by atoms with Crippen molar-refractivity contribution in [2.45, 2.75) is 37.8 Å². The molecule has 0 bridgehead atoms. The molecule has 1 rings (SSSR count). The van der Waals surface area contributed by atoms with Crippen molar-refractivity contribution in [1.82, 2.24) is 4.90 Å². The molecule has 0 aromatic rings. The second-order valence-electron chi connectivity index (χ2n) is 5.24. The van der Waals surface area contributed by atoms with Crippen molar-refractivity contribution in [2.24, 2.45) is 5.73 Å². The highest BCUT2D eigenvalue weighted by atomic mass is 16.5. The molecule has 1 fully saturated rings. The van der Waals surface area contributed by atoms with Crippen molar-refractivity contribution in [1.29, 1.82) is 0 Å². The number of nitrogens with zero attached hydrogens (tertiary/aromatic N) is 1. The lowest BCUT2D eigenvalue weighted by molar-refractivity contribution is -0.141. The molecular weight excluding hydrogens is 208 g/mol. The summed E-state index contributed by atoms with van der Waals surface area (Å²) in [6, 6.07) is 0. The first-order valence-corrected chi connectivity index (χ1v) is 5.59. The minimum Gasteiger partial charge on any atom is -0.389 e. The van der Waals surface area contributed by atoms with E-state index in [4.69, 9.17) is 10.5 Å². The van der Waals surface area contributed by atoms with Gasteiger partial charge >= 0.3 is 0 Å². The molecular formula is C11H22N2O3. The van der Waals surface area contributed by atoms with E-state index in [0.717, 1.165) is 0 Å². The lowest BCUT2D eigenvalue weighted by atomic mass is 9.89. The summed E-state index contributed by atoms with van der Waals surface area (Å²) in [5.41, 5.74) is 4.35. The number of ether oxygens (including phenoxy) is 1. The second-order valence-corrected chi connectivity index (χ2v) is 5.24. The molecule has 0 aromatic heterocycles. The lowest BCUT2D eigenvalue weighted by Gasteiger charge is -2.37. The molecule has 0 aromatic carbocycles. The van der Waals surface area contributed by atoms with Crippen LogP contribution in [0.15, 0.2) is 0 Å². The Bertz CT molecular complexity index is 254. The van der Waals surface area contributed by atoms with Crippen LogP contribution >= 0.6 is 0 Å². The first kappa shape index (κ1) is 13.4. The van der Waals surface area contributed by atoms with E-state index in [1.54, 1.807) is 20.9 Å². The molecule has 1 saturated heterocycles. The van der Waals surface area contributed by atoms with E-state index in [1.807, 2.05) is 0 Å². The molecule has 0 atom stereocenters. The number of hydrogen-bond donors (Lipinski definition) is 2. The van der Waals surface area contributed by atoms with Crippen molar-refractivity contribution in [2.75, 3.05) is 26.8 Å². The molecule has 5 heteroatoms. The van der Waals surface area contributed by atoms with Crippen molar-refractivity contribution < 1.29 is 14.6 Å². The standard InChI is InChI=1S/C11H22N2O3/c1-10(2,15)8-13(3)9(14)11(12)4-6-16-7-5-11/h15H,4-8,12H2,1-3H3. The normalized spacial score (nSPS) is 20.6. The van der Waals surface area contributed by atoms with Gasteiger partial charge in [0.2, 0.25) is 5.91 Å². The second kappa shape index (κ2) is 4.69. The van der Waals surface area contributed by atoms with Gasteiger partial charge in [0.25, 0.3) is 0 Å². The number of likely N-dealkylation sites (N-methyl/N-ethyl adjacent to an activating group) is 1. The van der Waals surface area contributed by atoms with Crippen LogP contribution in [0.1, 0.15) is 26.7 Å². The van der Waals surface area contributed by atoms with Crippen LogP contribution in [0.2, 0.25) is 0 Å². The summed E-state index contributed by atoms with van der Waals surface area (Å²) >= 11 is 0. The lowest BCUT2D eigenvalue weighted by Crippen LogP contribution is -2.58. The predicted molar refractivity (Wildman–Crippen MR) is 60.9 cm³/mol. The molecule has 3 N–H and O–H groups in total. The summed E-state index contributed by atoms with van der Waals surface area (Å²) in [7, 11) is 1.67. The summed E-state index contributed by atoms with van der Waals surface area (Å²) in [5, 5.41) is 9.66. The van der Waals surface area contributed by atoms with Gasteiger partial charge < -0.3 is 20.5 Å². The van der Waals surface area contributed by atoms with Crippen LogP contribution in [0.5, 0.6) is 0 Å². The zero-order valence-corrected chi connectivity index (χ0v) is 10.3. The zero-order valence-electron chi connectivity index (χ0n) is 10.3. The Labute approximate surface area is 96.6 Å². The van der Waals surface area contributed by atoms with Crippen LogP contribution in [0, 0.1) is 0 Å². The van der Waals surface area contributed by atoms with Crippen molar-refractivity contribution in [3.63, 3.8) is 0 Å². The van der Waals surface area contributed by atoms with Crippen molar-refractivity contribution in [3.05, 3.63) is 0 Å². The summed E-state index contributed by atoms with van der Waals surface area (Å²) in [6.07, 6.45) is 1.09. The fraction of sp³-hybridized carbons (Fsp3) is 0.909. The fourth-order valence-electron chi connectivity index (χ4n) is 1.98. The first-order chi connectivity index (χ1) is 7.25. The van der Waals surface area contributed by atoms with Gasteiger partial charge in [-0.1, -0.05) is 0 Å². The van der Waals surface area contributed by atoms with Gasteiger partial charge in [0.05, 0.1) is 11.1 Å². The van der Waals surface area contributed by atoms with Crippen molar-refractivity contribution >= 4 is 5.91 Å². The van der Waals surface area contributed by atoms with Gasteiger partial charge in [0.15, 0.2) is 0 Å². The fourth-order valence-corrected chi connectivity index (χ4v) is 1.98. The molecule has 0 saturated carbocycles. The molecule has 1 aliphatic rings. The monoisotopic (exact) mass is 230 g/mol. The highest BCUT2D eigenvalue weighted by Crippen LogP contribution is 2.20. The number of hydrogen-bond acceptors (Lipinski definition) is 4. The van der Waals surface area contributed by atoms with E-state index < -0.39 is 11.1 Å². The Morgan fingerprint density at radius 3 is 2.44 bits per heavy atom. The van der Waals surface area contributed by atoms with Crippen molar-refractivity contribution in [3.8, 4) is 0 Å². The number of carbonyl (C=O) groups excluding carboxylic acids is 1. The molecule has 1 aliphatic heterocycles. The first-order valence-electron chi connectivity index (χ1n) is 5.59. The van der Waals surface area contributed by atoms with Crippen LogP contribution in [-0.2, 0) is 9.53 Å². The van der Waals surface area contributed by atoms with E-state index >= 15 is 0 Å². The molecule has 5 nitrogen and oxygen atoms in total. The Hall–Kier alpha value is -0.650. The van der Waals surface area contributed by atoms with Crippen LogP contribution in [0.3, 0.4) is 0 Å². The third-order valence-corrected chi connectivity index (χ3v) is 2.78. The maximum Gasteiger partial charge on any atom is 0.242 e. The topological polar surface area (TPSA) is 75.8 Å². The van der Waals surface area contributed by atoms with Gasteiger partial charge in [-0.25, -0.2) is 0 Å². The summed E-state index contributed by atoms with van der Waals surface area (Å²) in [6.45, 7) is 4.68. The average molecular weight is 230 g/mol. The third kappa shape index (κ3) is 3.43.